The van der Waals surface area contributed by atoms with Gasteiger partial charge in [-0.2, -0.15) is 0 Å². The van der Waals surface area contributed by atoms with Crippen molar-refractivity contribution in [3.8, 4) is 11.1 Å². The van der Waals surface area contributed by atoms with Crippen LogP contribution in [0, 0.1) is 0 Å². The Morgan fingerprint density at radius 2 is 0.917 bits per heavy atom. The van der Waals surface area contributed by atoms with E-state index in [0.29, 0.717) is 61.3 Å². The minimum absolute atomic E-state index is 0. The van der Waals surface area contributed by atoms with Gasteiger partial charge in [0, 0.05) is 13.2 Å². The van der Waals surface area contributed by atoms with Crippen molar-refractivity contribution in [2.75, 3.05) is 67.7 Å². The predicted molar refractivity (Wildman–Crippen MR) is 136 cm³/mol. The molecule has 0 spiro atoms. The van der Waals surface area contributed by atoms with Crippen LogP contribution in [0.15, 0.2) is 48.5 Å². The van der Waals surface area contributed by atoms with Gasteiger partial charge >= 0.3 is 11.8 Å². The van der Waals surface area contributed by atoms with E-state index in [4.69, 9.17) is 9.47 Å². The SMILES string of the molecule is CCOCC[N+](C)(C)C(=O)Cc1ccc(-c2ccc(CC(=O)[N+](C)(C)CCOCC)cc2)cc1.[Br-].[Br-]. The third-order valence-electron chi connectivity index (χ3n) is 6.30. The lowest BCUT2D eigenvalue weighted by Crippen LogP contribution is -3.00. The van der Waals surface area contributed by atoms with Crippen molar-refractivity contribution in [1.82, 2.24) is 0 Å². The van der Waals surface area contributed by atoms with Gasteiger partial charge in [0.1, 0.15) is 13.1 Å². The second kappa shape index (κ2) is 16.4. The molecule has 0 saturated carbocycles. The average Bonchev–Trinajstić information content (AvgIpc) is 2.80. The van der Waals surface area contributed by atoms with E-state index in [1.54, 1.807) is 0 Å². The molecule has 8 heteroatoms. The molecule has 0 fully saturated rings. The lowest BCUT2D eigenvalue weighted by Gasteiger charge is -2.26. The van der Waals surface area contributed by atoms with E-state index in [-0.39, 0.29) is 45.8 Å². The van der Waals surface area contributed by atoms with Crippen molar-refractivity contribution in [2.45, 2.75) is 26.7 Å². The molecular formula is C28H42Br2N2O4. The van der Waals surface area contributed by atoms with Crippen molar-refractivity contribution >= 4 is 11.8 Å². The van der Waals surface area contributed by atoms with Gasteiger partial charge in [-0.3, -0.25) is 8.97 Å². The highest BCUT2D eigenvalue weighted by Gasteiger charge is 2.27. The van der Waals surface area contributed by atoms with E-state index in [2.05, 4.69) is 24.3 Å². The molecule has 0 N–H and O–H groups in total. The first-order valence-electron chi connectivity index (χ1n) is 12.2. The molecule has 0 saturated heterocycles. The molecule has 6 nitrogen and oxygen atoms in total. The van der Waals surface area contributed by atoms with Gasteiger partial charge < -0.3 is 43.4 Å². The van der Waals surface area contributed by atoms with Crippen LogP contribution in [0.2, 0.25) is 0 Å². The summed E-state index contributed by atoms with van der Waals surface area (Å²) in [4.78, 5) is 25.5. The highest BCUT2D eigenvalue weighted by Crippen LogP contribution is 2.22. The quantitative estimate of drug-likeness (QED) is 0.185. The molecule has 2 amide bonds. The topological polar surface area (TPSA) is 52.6 Å². The molecule has 36 heavy (non-hydrogen) atoms. The zero-order chi connectivity index (χ0) is 25.2. The second-order valence-electron chi connectivity index (χ2n) is 9.75. The average molecular weight is 630 g/mol. The van der Waals surface area contributed by atoms with Crippen LogP contribution in [0.25, 0.3) is 11.1 Å². The molecule has 0 radical (unpaired) electrons. The minimum atomic E-state index is 0. The number of carbonyl (C=O) groups excluding carboxylic acids is 2. The predicted octanol–water partition coefficient (Wildman–Crippen LogP) is -2.27. The smallest absolute Gasteiger partial charge is 0.317 e. The van der Waals surface area contributed by atoms with E-state index >= 15 is 0 Å². The summed E-state index contributed by atoms with van der Waals surface area (Å²) in [5, 5.41) is 0. The number of rotatable bonds is 13. The fourth-order valence-electron chi connectivity index (χ4n) is 3.53. The fourth-order valence-corrected chi connectivity index (χ4v) is 3.53. The third kappa shape index (κ3) is 10.9. The van der Waals surface area contributed by atoms with E-state index in [1.807, 2.05) is 66.3 Å². The van der Waals surface area contributed by atoms with Crippen molar-refractivity contribution in [1.29, 1.82) is 0 Å². The number of hydrogen-bond acceptors (Lipinski definition) is 4. The summed E-state index contributed by atoms with van der Waals surface area (Å²) >= 11 is 0. The van der Waals surface area contributed by atoms with Crippen LogP contribution in [0.5, 0.6) is 0 Å². The first-order valence-corrected chi connectivity index (χ1v) is 12.2. The maximum absolute atomic E-state index is 12.7. The molecule has 2 rings (SSSR count). The molecular weight excluding hydrogens is 588 g/mol. The van der Waals surface area contributed by atoms with Gasteiger partial charge in [0.05, 0.1) is 54.2 Å². The molecule has 202 valence electrons. The monoisotopic (exact) mass is 628 g/mol. The molecule has 0 aromatic heterocycles. The molecule has 0 aliphatic carbocycles. The molecule has 2 aromatic rings. The van der Waals surface area contributed by atoms with Crippen molar-refractivity contribution in [3.63, 3.8) is 0 Å². The van der Waals surface area contributed by atoms with Gasteiger partial charge in [-0.25, -0.2) is 9.59 Å². The standard InChI is InChI=1S/C28H42N2O4.2BrH/c1-7-33-19-17-29(3,4)27(31)21-23-9-13-25(14-10-23)26-15-11-24(12-16-26)22-28(32)30(5,6)18-20-34-8-2;;/h9-16H,7-8,17-22H2,1-6H3;2*1H/q+2;;/p-2. The zero-order valence-electron chi connectivity index (χ0n) is 22.6. The normalized spacial score (nSPS) is 11.4. The Labute approximate surface area is 238 Å². The van der Waals surface area contributed by atoms with Gasteiger partial charge in [0.15, 0.2) is 0 Å². The Bertz CT molecular complexity index is 852. The maximum atomic E-state index is 12.7. The van der Waals surface area contributed by atoms with E-state index < -0.39 is 0 Å². The lowest BCUT2D eigenvalue weighted by molar-refractivity contribution is -0.814. The first kappa shape index (κ1) is 34.6. The number of benzene rings is 2. The van der Waals surface area contributed by atoms with Gasteiger partial charge in [0.25, 0.3) is 0 Å². The van der Waals surface area contributed by atoms with Crippen LogP contribution in [0.4, 0.5) is 0 Å². The summed E-state index contributed by atoms with van der Waals surface area (Å²) in [7, 11) is 7.73. The van der Waals surface area contributed by atoms with E-state index in [9.17, 15) is 9.59 Å². The summed E-state index contributed by atoms with van der Waals surface area (Å²) in [6.07, 6.45) is 0.801. The van der Waals surface area contributed by atoms with Crippen molar-refractivity contribution < 1.29 is 62.0 Å². The highest BCUT2D eigenvalue weighted by atomic mass is 79.9. The van der Waals surface area contributed by atoms with Gasteiger partial charge in [-0.15, -0.1) is 0 Å². The van der Waals surface area contributed by atoms with Crippen LogP contribution in [-0.2, 0) is 31.9 Å². The van der Waals surface area contributed by atoms with Crippen LogP contribution in [0.1, 0.15) is 25.0 Å². The fraction of sp³-hybridized carbons (Fsp3) is 0.500. The zero-order valence-corrected chi connectivity index (χ0v) is 25.7. The molecule has 2 aromatic carbocycles. The Morgan fingerprint density at radius 1 is 0.611 bits per heavy atom. The second-order valence-corrected chi connectivity index (χ2v) is 9.75. The summed E-state index contributed by atoms with van der Waals surface area (Å²) < 4.78 is 11.4. The maximum Gasteiger partial charge on any atom is 0.317 e. The van der Waals surface area contributed by atoms with Crippen LogP contribution >= 0.6 is 0 Å². The summed E-state index contributed by atoms with van der Waals surface area (Å²) in [6.45, 7) is 7.75. The summed E-state index contributed by atoms with van der Waals surface area (Å²) in [5.74, 6) is 0.341. The third-order valence-corrected chi connectivity index (χ3v) is 6.30. The van der Waals surface area contributed by atoms with Crippen LogP contribution in [-0.4, -0.2) is 88.5 Å². The minimum Gasteiger partial charge on any atom is -1.00 e. The van der Waals surface area contributed by atoms with Crippen LogP contribution in [0.3, 0.4) is 0 Å². The largest absolute Gasteiger partial charge is 1.00 e. The number of carbonyl (C=O) groups is 2. The number of ether oxygens (including phenoxy) is 2. The van der Waals surface area contributed by atoms with Gasteiger partial charge in [-0.05, 0) is 36.1 Å². The number of amides is 2. The summed E-state index contributed by atoms with van der Waals surface area (Å²) in [6, 6.07) is 16.3. The van der Waals surface area contributed by atoms with Crippen molar-refractivity contribution in [2.24, 2.45) is 0 Å². The molecule has 0 bridgehead atoms. The van der Waals surface area contributed by atoms with E-state index in [1.165, 1.54) is 0 Å². The van der Waals surface area contributed by atoms with Gasteiger partial charge in [0.2, 0.25) is 0 Å². The summed E-state index contributed by atoms with van der Waals surface area (Å²) in [5.41, 5.74) is 4.19. The number of likely N-dealkylation sites (N-methyl/N-ethyl adjacent to an activating group) is 2. The molecule has 0 aliphatic heterocycles. The van der Waals surface area contributed by atoms with Crippen molar-refractivity contribution in [3.05, 3.63) is 59.7 Å². The Morgan fingerprint density at radius 3 is 1.19 bits per heavy atom. The molecule has 0 heterocycles. The number of quaternary nitrogens is 2. The molecule has 0 aliphatic rings. The molecule has 0 atom stereocenters. The Hall–Kier alpha value is -1.42. The van der Waals surface area contributed by atoms with Crippen LogP contribution < -0.4 is 34.0 Å². The van der Waals surface area contributed by atoms with E-state index in [0.717, 1.165) is 22.3 Å². The highest BCUT2D eigenvalue weighted by molar-refractivity contribution is 5.74. The number of halogens is 2. The Balaban J connectivity index is 0.00000612. The van der Waals surface area contributed by atoms with Gasteiger partial charge in [-0.1, -0.05) is 48.5 Å². The lowest BCUT2D eigenvalue weighted by atomic mass is 10.0. The number of nitrogens with zero attached hydrogens (tertiary/aromatic N) is 2. The first-order chi connectivity index (χ1) is 16.1. The number of hydrogen-bond donors (Lipinski definition) is 0. The Kier molecular flexibility index (Phi) is 15.8. The molecule has 0 unspecified atom stereocenters.